The molecule has 1 unspecified atom stereocenters. The van der Waals surface area contributed by atoms with Crippen molar-refractivity contribution in [3.8, 4) is 0 Å². The van der Waals surface area contributed by atoms with E-state index in [0.717, 1.165) is 24.7 Å². The first kappa shape index (κ1) is 17.0. The fourth-order valence-electron chi connectivity index (χ4n) is 2.42. The van der Waals surface area contributed by atoms with Gasteiger partial charge in [0.25, 0.3) is 0 Å². The van der Waals surface area contributed by atoms with Gasteiger partial charge in [-0.2, -0.15) is 0 Å². The maximum Gasteiger partial charge on any atom is 0.246 e. The molecule has 2 rings (SSSR count). The van der Waals surface area contributed by atoms with Crippen LogP contribution < -0.4 is 4.72 Å². The molecule has 1 saturated heterocycles. The fraction of sp³-hybridized carbons (Fsp3) is 0.400. The van der Waals surface area contributed by atoms with Crippen molar-refractivity contribution in [2.45, 2.75) is 18.9 Å². The van der Waals surface area contributed by atoms with Gasteiger partial charge in [0.05, 0.1) is 6.26 Å². The largest absolute Gasteiger partial charge is 0.338 e. The molecule has 7 heteroatoms. The number of sulfonamides is 1. The average Bonchev–Trinajstić information content (AvgIpc) is 2.45. The summed E-state index contributed by atoms with van der Waals surface area (Å²) in [6.45, 7) is 1.04. The third-order valence-corrected chi connectivity index (χ3v) is 4.42. The van der Waals surface area contributed by atoms with Crippen molar-refractivity contribution < 1.29 is 13.2 Å². The van der Waals surface area contributed by atoms with Gasteiger partial charge < -0.3 is 4.90 Å². The number of amides is 1. The maximum absolute atomic E-state index is 12.2. The molecule has 1 N–H and O–H groups in total. The highest BCUT2D eigenvalue weighted by Gasteiger charge is 2.24. The highest BCUT2D eigenvalue weighted by atomic mass is 35.5. The van der Waals surface area contributed by atoms with Crippen LogP contribution in [0.1, 0.15) is 18.4 Å². The van der Waals surface area contributed by atoms with E-state index in [-0.39, 0.29) is 11.9 Å². The summed E-state index contributed by atoms with van der Waals surface area (Å²) in [5.41, 5.74) is 0.889. The standard InChI is InChI=1S/C15H19ClN2O3S/c1-22(20,21)17-14-3-2-10-18(11-14)15(19)9-6-12-4-7-13(16)8-5-12/h4-9,14,17H,2-3,10-11H2,1H3/b9-6+. The normalized spacial score (nSPS) is 19.5. The molecule has 1 aliphatic rings. The van der Waals surface area contributed by atoms with Crippen LogP contribution in [-0.4, -0.2) is 44.6 Å². The number of likely N-dealkylation sites (tertiary alicyclic amines) is 1. The van der Waals surface area contributed by atoms with Gasteiger partial charge in [0, 0.05) is 30.2 Å². The number of carbonyl (C=O) groups excluding carboxylic acids is 1. The first-order chi connectivity index (χ1) is 10.3. The van der Waals surface area contributed by atoms with Crippen LogP contribution in [0, 0.1) is 0 Å². The van der Waals surface area contributed by atoms with E-state index in [2.05, 4.69) is 4.72 Å². The molecule has 22 heavy (non-hydrogen) atoms. The van der Waals surface area contributed by atoms with E-state index in [1.165, 1.54) is 6.08 Å². The Morgan fingerprint density at radius 2 is 2.05 bits per heavy atom. The van der Waals surface area contributed by atoms with Crippen LogP contribution in [0.2, 0.25) is 5.02 Å². The first-order valence-electron chi connectivity index (χ1n) is 7.03. The monoisotopic (exact) mass is 342 g/mol. The number of hydrogen-bond acceptors (Lipinski definition) is 3. The van der Waals surface area contributed by atoms with Crippen LogP contribution in [0.4, 0.5) is 0 Å². The summed E-state index contributed by atoms with van der Waals surface area (Å²) in [5.74, 6) is -0.116. The summed E-state index contributed by atoms with van der Waals surface area (Å²) in [6, 6.07) is 6.97. The Morgan fingerprint density at radius 1 is 1.36 bits per heavy atom. The van der Waals surface area contributed by atoms with Crippen molar-refractivity contribution in [3.05, 3.63) is 40.9 Å². The minimum atomic E-state index is -3.25. The van der Waals surface area contributed by atoms with Crippen molar-refractivity contribution in [2.24, 2.45) is 0 Å². The number of carbonyl (C=O) groups is 1. The Morgan fingerprint density at radius 3 is 2.68 bits per heavy atom. The summed E-state index contributed by atoms with van der Waals surface area (Å²) >= 11 is 5.81. The minimum Gasteiger partial charge on any atom is -0.338 e. The number of halogens is 1. The summed E-state index contributed by atoms with van der Waals surface area (Å²) < 4.78 is 25.1. The zero-order valence-electron chi connectivity index (χ0n) is 12.3. The first-order valence-corrected chi connectivity index (χ1v) is 9.30. The second kappa shape index (κ2) is 7.26. The van der Waals surface area contributed by atoms with Crippen molar-refractivity contribution in [3.63, 3.8) is 0 Å². The van der Waals surface area contributed by atoms with E-state index in [4.69, 9.17) is 11.6 Å². The summed E-state index contributed by atoms with van der Waals surface area (Å²) in [5, 5.41) is 0.647. The molecule has 1 amide bonds. The molecule has 0 aromatic heterocycles. The van der Waals surface area contributed by atoms with Gasteiger partial charge in [0.2, 0.25) is 15.9 Å². The fourth-order valence-corrected chi connectivity index (χ4v) is 3.35. The van der Waals surface area contributed by atoms with Crippen molar-refractivity contribution in [1.29, 1.82) is 0 Å². The van der Waals surface area contributed by atoms with Crippen LogP contribution in [0.25, 0.3) is 6.08 Å². The highest BCUT2D eigenvalue weighted by Crippen LogP contribution is 2.13. The van der Waals surface area contributed by atoms with Gasteiger partial charge in [-0.25, -0.2) is 13.1 Å². The topological polar surface area (TPSA) is 66.5 Å². The van der Waals surface area contributed by atoms with E-state index >= 15 is 0 Å². The van der Waals surface area contributed by atoms with E-state index in [9.17, 15) is 13.2 Å². The van der Waals surface area contributed by atoms with Crippen LogP contribution in [0.3, 0.4) is 0 Å². The molecule has 5 nitrogen and oxygen atoms in total. The maximum atomic E-state index is 12.2. The Hall–Kier alpha value is -1.37. The highest BCUT2D eigenvalue weighted by molar-refractivity contribution is 7.88. The molecule has 0 saturated carbocycles. The van der Waals surface area contributed by atoms with E-state index in [1.54, 1.807) is 23.1 Å². The zero-order valence-corrected chi connectivity index (χ0v) is 13.9. The molecule has 0 aliphatic carbocycles. The molecule has 1 aromatic rings. The molecule has 0 bridgehead atoms. The van der Waals surface area contributed by atoms with Gasteiger partial charge in [0.15, 0.2) is 0 Å². The second-order valence-corrected chi connectivity index (χ2v) is 7.61. The molecule has 1 fully saturated rings. The van der Waals surface area contributed by atoms with Crippen molar-refractivity contribution in [2.75, 3.05) is 19.3 Å². The SMILES string of the molecule is CS(=O)(=O)NC1CCCN(C(=O)/C=C/c2ccc(Cl)cc2)C1. The minimum absolute atomic E-state index is 0.116. The van der Waals surface area contributed by atoms with Crippen molar-refractivity contribution >= 4 is 33.6 Å². The summed E-state index contributed by atoms with van der Waals surface area (Å²) in [7, 11) is -3.25. The Balaban J connectivity index is 1.95. The molecule has 0 radical (unpaired) electrons. The molecule has 1 aliphatic heterocycles. The van der Waals surface area contributed by atoms with E-state index in [0.29, 0.717) is 18.1 Å². The smallest absolute Gasteiger partial charge is 0.246 e. The predicted molar refractivity (Wildman–Crippen MR) is 88.1 cm³/mol. The third kappa shape index (κ3) is 5.44. The Bertz CT molecular complexity index is 656. The lowest BCUT2D eigenvalue weighted by atomic mass is 10.1. The number of nitrogens with zero attached hydrogens (tertiary/aromatic N) is 1. The molecular formula is C15H19ClN2O3S. The molecule has 1 aromatic carbocycles. The predicted octanol–water partition coefficient (Wildman–Crippen LogP) is 1.89. The average molecular weight is 343 g/mol. The Labute approximate surface area is 136 Å². The van der Waals surface area contributed by atoms with E-state index < -0.39 is 10.0 Å². The summed E-state index contributed by atoms with van der Waals surface area (Å²) in [4.78, 5) is 13.9. The lowest BCUT2D eigenvalue weighted by molar-refractivity contribution is -0.127. The van der Waals surface area contributed by atoms with E-state index in [1.807, 2.05) is 12.1 Å². The van der Waals surface area contributed by atoms with Crippen LogP contribution in [0.5, 0.6) is 0 Å². The molecule has 0 spiro atoms. The summed E-state index contributed by atoms with van der Waals surface area (Å²) in [6.07, 6.45) is 5.90. The third-order valence-electron chi connectivity index (χ3n) is 3.40. The van der Waals surface area contributed by atoms with Crippen molar-refractivity contribution in [1.82, 2.24) is 9.62 Å². The zero-order chi connectivity index (χ0) is 16.2. The lowest BCUT2D eigenvalue weighted by Gasteiger charge is -2.32. The second-order valence-electron chi connectivity index (χ2n) is 5.40. The van der Waals surface area contributed by atoms with Gasteiger partial charge in [-0.05, 0) is 36.6 Å². The number of nitrogens with one attached hydrogen (secondary N) is 1. The van der Waals surface area contributed by atoms with Gasteiger partial charge in [0.1, 0.15) is 0 Å². The molecule has 120 valence electrons. The molecular weight excluding hydrogens is 324 g/mol. The quantitative estimate of drug-likeness (QED) is 0.850. The van der Waals surface area contributed by atoms with Crippen LogP contribution in [-0.2, 0) is 14.8 Å². The number of benzene rings is 1. The molecule has 1 heterocycles. The number of piperidine rings is 1. The van der Waals surface area contributed by atoms with Gasteiger partial charge in [-0.1, -0.05) is 23.7 Å². The van der Waals surface area contributed by atoms with Crippen LogP contribution >= 0.6 is 11.6 Å². The number of rotatable bonds is 4. The van der Waals surface area contributed by atoms with Gasteiger partial charge in [-0.15, -0.1) is 0 Å². The Kier molecular flexibility index (Phi) is 5.61. The lowest BCUT2D eigenvalue weighted by Crippen LogP contribution is -2.48. The van der Waals surface area contributed by atoms with Gasteiger partial charge in [-0.3, -0.25) is 4.79 Å². The van der Waals surface area contributed by atoms with Crippen LogP contribution in [0.15, 0.2) is 30.3 Å². The van der Waals surface area contributed by atoms with Gasteiger partial charge >= 0.3 is 0 Å². The number of hydrogen-bond donors (Lipinski definition) is 1. The molecule has 1 atom stereocenters.